The number of carbonyl (C=O) groups is 1. The van der Waals surface area contributed by atoms with Gasteiger partial charge in [0.25, 0.3) is 5.91 Å². The number of pyridine rings is 1. The van der Waals surface area contributed by atoms with Gasteiger partial charge in [0.1, 0.15) is 5.82 Å². The maximum Gasteiger partial charge on any atom is 0.419 e. The summed E-state index contributed by atoms with van der Waals surface area (Å²) in [7, 11) is -2.67. The zero-order valence-electron chi connectivity index (χ0n) is 16.6. The zero-order chi connectivity index (χ0) is 23.1. The van der Waals surface area contributed by atoms with Crippen LogP contribution >= 0.6 is 10.6 Å². The average molecular weight is 469 g/mol. The Bertz CT molecular complexity index is 1180. The molecule has 0 aliphatic carbocycles. The van der Waals surface area contributed by atoms with Crippen LogP contribution in [-0.2, 0) is 6.18 Å². The number of hydrogen-bond donors (Lipinski definition) is 3. The monoisotopic (exact) mass is 469 g/mol. The molecule has 1 amide bonds. The van der Waals surface area contributed by atoms with Crippen LogP contribution in [0.3, 0.4) is 0 Å². The van der Waals surface area contributed by atoms with Gasteiger partial charge in [0.05, 0.1) is 28.3 Å². The van der Waals surface area contributed by atoms with Crippen molar-refractivity contribution in [3.63, 3.8) is 0 Å². The summed E-state index contributed by atoms with van der Waals surface area (Å²) in [5, 5.41) is 3.52. The highest BCUT2D eigenvalue weighted by Gasteiger charge is 2.35. The van der Waals surface area contributed by atoms with E-state index in [2.05, 4.69) is 10.3 Å². The molecule has 6 nitrogen and oxygen atoms in total. The molecule has 11 heteroatoms. The van der Waals surface area contributed by atoms with Gasteiger partial charge in [0.15, 0.2) is 5.82 Å². The largest absolute Gasteiger partial charge is 0.419 e. The van der Waals surface area contributed by atoms with E-state index in [1.54, 1.807) is 24.3 Å². The van der Waals surface area contributed by atoms with Gasteiger partial charge in [-0.3, -0.25) is 13.9 Å². The highest BCUT2D eigenvalue weighted by Crippen LogP contribution is 2.41. The Morgan fingerprint density at radius 3 is 2.34 bits per heavy atom. The minimum Gasteiger partial charge on any atom is -0.337 e. The number of benzene rings is 2. The maximum atomic E-state index is 14.5. The molecule has 0 bridgehead atoms. The lowest BCUT2D eigenvalue weighted by Gasteiger charge is -2.41. The van der Waals surface area contributed by atoms with E-state index in [4.69, 9.17) is 0 Å². The number of amides is 1. The summed E-state index contributed by atoms with van der Waals surface area (Å²) in [6, 6.07) is 9.57. The molecule has 32 heavy (non-hydrogen) atoms. The van der Waals surface area contributed by atoms with Crippen LogP contribution in [-0.4, -0.2) is 49.5 Å². The van der Waals surface area contributed by atoms with Crippen LogP contribution in [0.4, 0.5) is 29.1 Å². The number of hydrogen-bond acceptors (Lipinski definition) is 5. The standard InChI is InChI=1S/C21H19F4N3O3S/c22-18-16(21(23,24)25)6-3-7-17(18)27-19-14-5-2-1-4-13(14)15(12-26-19)20(29)28-8-10-32(30,31)11-9-28/h1-7,12,30-31H,8-11H2,(H,26,27). The Morgan fingerprint density at radius 2 is 1.69 bits per heavy atom. The van der Waals surface area contributed by atoms with Crippen molar-refractivity contribution in [2.24, 2.45) is 0 Å². The number of carbonyl (C=O) groups excluding carboxylic acids is 1. The Kier molecular flexibility index (Phi) is 5.74. The van der Waals surface area contributed by atoms with E-state index < -0.39 is 33.8 Å². The lowest BCUT2D eigenvalue weighted by atomic mass is 10.1. The minimum atomic E-state index is -4.84. The smallest absolute Gasteiger partial charge is 0.337 e. The third-order valence-corrected chi connectivity index (χ3v) is 6.92. The molecule has 3 N–H and O–H groups in total. The molecular weight excluding hydrogens is 450 g/mol. The van der Waals surface area contributed by atoms with Gasteiger partial charge < -0.3 is 10.2 Å². The van der Waals surface area contributed by atoms with E-state index >= 15 is 0 Å². The van der Waals surface area contributed by atoms with Crippen molar-refractivity contribution in [2.45, 2.75) is 6.18 Å². The van der Waals surface area contributed by atoms with Crippen molar-refractivity contribution in [3.05, 3.63) is 65.6 Å². The molecular formula is C21H19F4N3O3S. The van der Waals surface area contributed by atoms with Crippen LogP contribution in [0.25, 0.3) is 10.8 Å². The first-order valence-electron chi connectivity index (χ1n) is 9.60. The molecule has 1 aliphatic heterocycles. The fourth-order valence-corrected chi connectivity index (χ4v) is 4.77. The number of aromatic nitrogens is 1. The first kappa shape index (κ1) is 22.3. The number of halogens is 4. The van der Waals surface area contributed by atoms with Crippen LogP contribution < -0.4 is 5.32 Å². The molecule has 0 spiro atoms. The minimum absolute atomic E-state index is 0.0958. The molecule has 1 fully saturated rings. The van der Waals surface area contributed by atoms with E-state index in [1.165, 1.54) is 17.2 Å². The number of nitrogens with one attached hydrogen (secondary N) is 1. The lowest BCUT2D eigenvalue weighted by Crippen LogP contribution is -2.42. The average Bonchev–Trinajstić information content (AvgIpc) is 2.74. The Labute approximate surface area is 182 Å². The van der Waals surface area contributed by atoms with Crippen molar-refractivity contribution >= 4 is 38.8 Å². The van der Waals surface area contributed by atoms with E-state index in [1.807, 2.05) is 0 Å². The normalized spacial score (nSPS) is 17.2. The summed E-state index contributed by atoms with van der Waals surface area (Å²) < 4.78 is 73.1. The predicted molar refractivity (Wildman–Crippen MR) is 115 cm³/mol. The summed E-state index contributed by atoms with van der Waals surface area (Å²) in [6.45, 7) is 0.371. The molecule has 1 aromatic heterocycles. The number of rotatable bonds is 3. The molecule has 0 radical (unpaired) electrons. The van der Waals surface area contributed by atoms with Gasteiger partial charge in [-0.1, -0.05) is 30.3 Å². The summed E-state index contributed by atoms with van der Waals surface area (Å²) in [5.41, 5.74) is -1.53. The topological polar surface area (TPSA) is 85.7 Å². The van der Waals surface area contributed by atoms with Gasteiger partial charge in [-0.15, -0.1) is 0 Å². The van der Waals surface area contributed by atoms with Crippen LogP contribution in [0.15, 0.2) is 48.7 Å². The number of nitrogens with zero attached hydrogens (tertiary/aromatic N) is 2. The Balaban J connectivity index is 1.69. The third-order valence-electron chi connectivity index (χ3n) is 5.25. The van der Waals surface area contributed by atoms with Crippen molar-refractivity contribution < 1.29 is 31.5 Å². The molecule has 170 valence electrons. The molecule has 1 saturated heterocycles. The van der Waals surface area contributed by atoms with Gasteiger partial charge in [-0.2, -0.15) is 23.8 Å². The predicted octanol–water partition coefficient (Wildman–Crippen LogP) is 5.34. The molecule has 3 aromatic rings. The second-order valence-electron chi connectivity index (χ2n) is 7.36. The summed E-state index contributed by atoms with van der Waals surface area (Å²) in [6.07, 6.45) is -3.56. The number of alkyl halides is 3. The highest BCUT2D eigenvalue weighted by atomic mass is 32.3. The summed E-state index contributed by atoms with van der Waals surface area (Å²) in [4.78, 5) is 18.7. The van der Waals surface area contributed by atoms with Crippen LogP contribution in [0.5, 0.6) is 0 Å². The van der Waals surface area contributed by atoms with Crippen molar-refractivity contribution in [1.29, 1.82) is 0 Å². The zero-order valence-corrected chi connectivity index (χ0v) is 17.4. The van der Waals surface area contributed by atoms with E-state index in [0.717, 1.165) is 6.07 Å². The van der Waals surface area contributed by atoms with E-state index in [9.17, 15) is 31.5 Å². The summed E-state index contributed by atoms with van der Waals surface area (Å²) >= 11 is 0. The van der Waals surface area contributed by atoms with Gasteiger partial charge >= 0.3 is 6.18 Å². The Morgan fingerprint density at radius 1 is 1.03 bits per heavy atom. The van der Waals surface area contributed by atoms with Gasteiger partial charge in [-0.25, -0.2) is 9.37 Å². The van der Waals surface area contributed by atoms with Crippen molar-refractivity contribution in [1.82, 2.24) is 9.88 Å². The SMILES string of the molecule is O=C(c1cnc(Nc2cccc(C(F)(F)F)c2F)c2ccccc12)N1CCS(O)(O)CC1. The van der Waals surface area contributed by atoms with Crippen LogP contribution in [0.1, 0.15) is 15.9 Å². The second kappa shape index (κ2) is 8.23. The first-order chi connectivity index (χ1) is 15.1. The quantitative estimate of drug-likeness (QED) is 0.451. The lowest BCUT2D eigenvalue weighted by molar-refractivity contribution is -0.139. The number of fused-ring (bicyclic) bond motifs is 1. The molecule has 4 rings (SSSR count). The fraction of sp³-hybridized carbons (Fsp3) is 0.238. The maximum absolute atomic E-state index is 14.5. The van der Waals surface area contributed by atoms with Gasteiger partial charge in [0, 0.05) is 24.7 Å². The summed E-state index contributed by atoms with van der Waals surface area (Å²) in [5.74, 6) is -1.50. The molecule has 2 heterocycles. The highest BCUT2D eigenvalue weighted by molar-refractivity contribution is 8.24. The van der Waals surface area contributed by atoms with Gasteiger partial charge in [0.2, 0.25) is 0 Å². The Hall–Kier alpha value is -2.89. The molecule has 0 atom stereocenters. The van der Waals surface area contributed by atoms with Crippen molar-refractivity contribution in [2.75, 3.05) is 29.9 Å². The van der Waals surface area contributed by atoms with E-state index in [0.29, 0.717) is 16.8 Å². The van der Waals surface area contributed by atoms with E-state index in [-0.39, 0.29) is 41.9 Å². The third kappa shape index (κ3) is 4.36. The second-order valence-corrected chi connectivity index (χ2v) is 9.78. The molecule has 0 saturated carbocycles. The van der Waals surface area contributed by atoms with Gasteiger partial charge in [-0.05, 0) is 17.5 Å². The molecule has 2 aromatic carbocycles. The van der Waals surface area contributed by atoms with Crippen molar-refractivity contribution in [3.8, 4) is 0 Å². The first-order valence-corrected chi connectivity index (χ1v) is 11.5. The fourth-order valence-electron chi connectivity index (χ4n) is 3.54. The molecule has 0 unspecified atom stereocenters. The van der Waals surface area contributed by atoms with Crippen LogP contribution in [0, 0.1) is 5.82 Å². The molecule has 1 aliphatic rings. The number of anilines is 2. The van der Waals surface area contributed by atoms with Crippen LogP contribution in [0.2, 0.25) is 0 Å².